The largest absolute Gasteiger partial charge is 0.380 e. The first-order valence-electron chi connectivity index (χ1n) is 9.99. The fourth-order valence-electron chi connectivity index (χ4n) is 3.70. The maximum Gasteiger partial charge on any atom is 0.253 e. The Morgan fingerprint density at radius 2 is 1.76 bits per heavy atom. The van der Waals surface area contributed by atoms with E-state index in [0.29, 0.717) is 31.8 Å². The van der Waals surface area contributed by atoms with Gasteiger partial charge in [-0.3, -0.25) is 14.5 Å². The molecule has 1 fully saturated rings. The molecule has 3 rings (SSSR count). The Morgan fingerprint density at radius 1 is 1.03 bits per heavy atom. The van der Waals surface area contributed by atoms with Gasteiger partial charge in [-0.15, -0.1) is 0 Å². The molecule has 2 amide bonds. The third-order valence-corrected chi connectivity index (χ3v) is 5.37. The average Bonchev–Trinajstić information content (AvgIpc) is 2.78. The second-order valence-corrected chi connectivity index (χ2v) is 7.28. The van der Waals surface area contributed by atoms with Crippen LogP contribution in [0.1, 0.15) is 21.5 Å². The fraction of sp³-hybridized carbons (Fsp3) is 0.391. The van der Waals surface area contributed by atoms with Gasteiger partial charge in [0.05, 0.1) is 6.61 Å². The Labute approximate surface area is 172 Å². The fourth-order valence-corrected chi connectivity index (χ4v) is 3.70. The molecule has 29 heavy (non-hydrogen) atoms. The number of methoxy groups -OCH3 is 1. The molecule has 0 spiro atoms. The molecule has 1 atom stereocenters. The summed E-state index contributed by atoms with van der Waals surface area (Å²) in [5.41, 5.74) is 2.91. The Bertz CT molecular complexity index is 808. The summed E-state index contributed by atoms with van der Waals surface area (Å²) in [6.45, 7) is 3.00. The lowest BCUT2D eigenvalue weighted by atomic mass is 10.1. The number of likely N-dealkylation sites (N-methyl/N-ethyl adjacent to an activating group) is 1. The molecule has 2 aromatic carbocycles. The van der Waals surface area contributed by atoms with Crippen LogP contribution in [0.5, 0.6) is 0 Å². The smallest absolute Gasteiger partial charge is 0.253 e. The SMILES string of the molecule is CNC(=O)[C@@H]1CN(C(=O)c2ccc(COC)cc2)CCN1CCc1ccccc1. The number of hydrogen-bond acceptors (Lipinski definition) is 4. The number of piperazine rings is 1. The summed E-state index contributed by atoms with van der Waals surface area (Å²) in [5.74, 6) is -0.0865. The van der Waals surface area contributed by atoms with Crippen molar-refractivity contribution in [2.75, 3.05) is 40.3 Å². The summed E-state index contributed by atoms with van der Waals surface area (Å²) >= 11 is 0. The minimum atomic E-state index is -0.339. The van der Waals surface area contributed by atoms with Gasteiger partial charge < -0.3 is 15.0 Å². The van der Waals surface area contributed by atoms with Crippen molar-refractivity contribution in [3.8, 4) is 0 Å². The van der Waals surface area contributed by atoms with E-state index in [1.807, 2.05) is 42.5 Å². The van der Waals surface area contributed by atoms with E-state index < -0.39 is 0 Å². The number of nitrogens with zero attached hydrogens (tertiary/aromatic N) is 2. The van der Waals surface area contributed by atoms with Crippen LogP contribution in [0.15, 0.2) is 54.6 Å². The van der Waals surface area contributed by atoms with Gasteiger partial charge in [-0.05, 0) is 29.7 Å². The van der Waals surface area contributed by atoms with E-state index in [9.17, 15) is 9.59 Å². The number of carbonyl (C=O) groups is 2. The molecule has 1 aliphatic rings. The van der Waals surface area contributed by atoms with Gasteiger partial charge in [-0.1, -0.05) is 42.5 Å². The molecule has 1 heterocycles. The molecule has 1 aliphatic heterocycles. The van der Waals surface area contributed by atoms with Gasteiger partial charge in [0.2, 0.25) is 5.91 Å². The number of rotatable bonds is 7. The Kier molecular flexibility index (Phi) is 7.38. The van der Waals surface area contributed by atoms with Crippen molar-refractivity contribution in [2.24, 2.45) is 0 Å². The highest BCUT2D eigenvalue weighted by molar-refractivity contribution is 5.95. The quantitative estimate of drug-likeness (QED) is 0.778. The highest BCUT2D eigenvalue weighted by atomic mass is 16.5. The maximum atomic E-state index is 13.0. The number of benzene rings is 2. The second-order valence-electron chi connectivity index (χ2n) is 7.28. The number of hydrogen-bond donors (Lipinski definition) is 1. The first kappa shape index (κ1) is 21.0. The Hall–Kier alpha value is -2.70. The predicted octanol–water partition coefficient (Wildman–Crippen LogP) is 1.95. The first-order valence-corrected chi connectivity index (χ1v) is 9.99. The highest BCUT2D eigenvalue weighted by Gasteiger charge is 2.33. The number of ether oxygens (including phenoxy) is 1. The van der Waals surface area contributed by atoms with Crippen LogP contribution in [0, 0.1) is 0 Å². The summed E-state index contributed by atoms with van der Waals surface area (Å²) in [5, 5.41) is 2.75. The molecule has 1 saturated heterocycles. The van der Waals surface area contributed by atoms with Crippen molar-refractivity contribution in [1.82, 2.24) is 15.1 Å². The van der Waals surface area contributed by atoms with Crippen LogP contribution < -0.4 is 5.32 Å². The van der Waals surface area contributed by atoms with Crippen molar-refractivity contribution < 1.29 is 14.3 Å². The zero-order valence-corrected chi connectivity index (χ0v) is 17.1. The van der Waals surface area contributed by atoms with E-state index in [1.165, 1.54) is 5.56 Å². The summed E-state index contributed by atoms with van der Waals surface area (Å²) in [4.78, 5) is 29.4. The minimum absolute atomic E-state index is 0.0365. The summed E-state index contributed by atoms with van der Waals surface area (Å²) < 4.78 is 5.12. The monoisotopic (exact) mass is 395 g/mol. The normalized spacial score (nSPS) is 17.2. The second kappa shape index (κ2) is 10.2. The molecule has 0 aromatic heterocycles. The van der Waals surface area contributed by atoms with Crippen LogP contribution in [0.25, 0.3) is 0 Å². The van der Waals surface area contributed by atoms with Crippen LogP contribution in [0.3, 0.4) is 0 Å². The molecular formula is C23H29N3O3. The molecule has 6 nitrogen and oxygen atoms in total. The van der Waals surface area contributed by atoms with Gasteiger partial charge in [0.25, 0.3) is 5.91 Å². The standard InChI is InChI=1S/C23H29N3O3/c1-24-22(27)21-16-26(23(28)20-10-8-19(9-11-20)17-29-2)15-14-25(21)13-12-18-6-4-3-5-7-18/h3-11,21H,12-17H2,1-2H3,(H,24,27)/t21-/m0/s1. The molecule has 6 heteroatoms. The van der Waals surface area contributed by atoms with Crippen molar-refractivity contribution in [1.29, 1.82) is 0 Å². The third kappa shape index (κ3) is 5.43. The van der Waals surface area contributed by atoms with Crippen LogP contribution in [0.4, 0.5) is 0 Å². The maximum absolute atomic E-state index is 13.0. The van der Waals surface area contributed by atoms with Crippen LogP contribution in [-0.4, -0.2) is 68.0 Å². The molecule has 0 bridgehead atoms. The molecule has 1 N–H and O–H groups in total. The van der Waals surface area contributed by atoms with Crippen molar-refractivity contribution in [3.05, 3.63) is 71.3 Å². The zero-order chi connectivity index (χ0) is 20.6. The van der Waals surface area contributed by atoms with Gasteiger partial charge >= 0.3 is 0 Å². The molecular weight excluding hydrogens is 366 g/mol. The van der Waals surface area contributed by atoms with E-state index in [-0.39, 0.29) is 17.9 Å². The first-order chi connectivity index (χ1) is 14.1. The Balaban J connectivity index is 1.65. The van der Waals surface area contributed by atoms with Gasteiger partial charge in [0.15, 0.2) is 0 Å². The van der Waals surface area contributed by atoms with Crippen LogP contribution in [-0.2, 0) is 22.6 Å². The van der Waals surface area contributed by atoms with E-state index in [2.05, 4.69) is 22.3 Å². The van der Waals surface area contributed by atoms with Crippen molar-refractivity contribution >= 4 is 11.8 Å². The van der Waals surface area contributed by atoms with Crippen molar-refractivity contribution in [2.45, 2.75) is 19.1 Å². The lowest BCUT2D eigenvalue weighted by Crippen LogP contribution is -2.60. The molecule has 154 valence electrons. The van der Waals surface area contributed by atoms with Crippen LogP contribution in [0.2, 0.25) is 0 Å². The zero-order valence-electron chi connectivity index (χ0n) is 17.1. The lowest BCUT2D eigenvalue weighted by molar-refractivity contribution is -0.127. The van der Waals surface area contributed by atoms with Gasteiger partial charge in [0, 0.05) is 45.9 Å². The number of carbonyl (C=O) groups excluding carboxylic acids is 2. The summed E-state index contributed by atoms with van der Waals surface area (Å²) in [7, 11) is 3.29. The van der Waals surface area contributed by atoms with Gasteiger partial charge in [0.1, 0.15) is 6.04 Å². The van der Waals surface area contributed by atoms with E-state index in [4.69, 9.17) is 4.74 Å². The van der Waals surface area contributed by atoms with Crippen molar-refractivity contribution in [3.63, 3.8) is 0 Å². The Morgan fingerprint density at radius 3 is 2.41 bits per heavy atom. The predicted molar refractivity (Wildman–Crippen MR) is 113 cm³/mol. The van der Waals surface area contributed by atoms with Gasteiger partial charge in [-0.25, -0.2) is 0 Å². The van der Waals surface area contributed by atoms with Gasteiger partial charge in [-0.2, -0.15) is 0 Å². The minimum Gasteiger partial charge on any atom is -0.380 e. The third-order valence-electron chi connectivity index (χ3n) is 5.37. The molecule has 0 radical (unpaired) electrons. The molecule has 2 aromatic rings. The molecule has 0 saturated carbocycles. The number of nitrogens with one attached hydrogen (secondary N) is 1. The van der Waals surface area contributed by atoms with E-state index in [1.54, 1.807) is 19.1 Å². The topological polar surface area (TPSA) is 61.9 Å². The molecule has 0 unspecified atom stereocenters. The van der Waals surface area contributed by atoms with E-state index in [0.717, 1.165) is 18.5 Å². The van der Waals surface area contributed by atoms with Crippen LogP contribution >= 0.6 is 0 Å². The highest BCUT2D eigenvalue weighted by Crippen LogP contribution is 2.16. The lowest BCUT2D eigenvalue weighted by Gasteiger charge is -2.40. The summed E-state index contributed by atoms with van der Waals surface area (Å²) in [6, 6.07) is 17.4. The summed E-state index contributed by atoms with van der Waals surface area (Å²) in [6.07, 6.45) is 0.878. The number of amides is 2. The average molecular weight is 396 g/mol. The van der Waals surface area contributed by atoms with E-state index >= 15 is 0 Å². The molecule has 0 aliphatic carbocycles.